The number of fused-ring (bicyclic) bond motifs is 1. The molecule has 4 N–H and O–H groups in total. The minimum atomic E-state index is -1.09. The molecule has 0 aliphatic heterocycles. The van der Waals surface area contributed by atoms with Gasteiger partial charge in [0.15, 0.2) is 11.7 Å². The molecule has 0 aliphatic rings. The van der Waals surface area contributed by atoms with Crippen molar-refractivity contribution in [2.24, 2.45) is 0 Å². The Morgan fingerprint density at radius 3 is 2.63 bits per heavy atom. The van der Waals surface area contributed by atoms with Gasteiger partial charge in [0.05, 0.1) is 5.56 Å². The third-order valence-electron chi connectivity index (χ3n) is 5.44. The van der Waals surface area contributed by atoms with Crippen molar-refractivity contribution in [3.8, 4) is 0 Å². The molecular weight excluding hydrogens is 374 g/mol. The molecule has 3 aromatic rings. The topological polar surface area (TPSA) is 77.2 Å². The van der Waals surface area contributed by atoms with E-state index in [0.29, 0.717) is 10.9 Å². The van der Waals surface area contributed by atoms with Gasteiger partial charge >= 0.3 is 0 Å². The van der Waals surface area contributed by atoms with Crippen LogP contribution in [0.5, 0.6) is 0 Å². The summed E-state index contributed by atoms with van der Waals surface area (Å²) in [5.41, 5.74) is 4.05. The van der Waals surface area contributed by atoms with Crippen LogP contribution in [0.25, 0.3) is 10.9 Å². The molecule has 2 aromatic carbocycles. The highest BCUT2D eigenvalue weighted by molar-refractivity contribution is 5.78. The molecule has 0 radical (unpaired) electrons. The summed E-state index contributed by atoms with van der Waals surface area (Å²) in [6.07, 6.45) is 7.81. The van der Waals surface area contributed by atoms with Gasteiger partial charge in [0.2, 0.25) is 0 Å². The lowest BCUT2D eigenvalue weighted by molar-refractivity contribution is 0.207. The second-order valence-corrected chi connectivity index (χ2v) is 7.73. The normalized spacial score (nSPS) is 12.1. The van der Waals surface area contributed by atoms with Crippen LogP contribution in [0.15, 0.2) is 53.5 Å². The molecule has 0 fully saturated rings. The van der Waals surface area contributed by atoms with Crippen LogP contribution < -0.4 is 16.1 Å². The monoisotopic (exact) mass is 407 g/mol. The first-order valence-corrected chi connectivity index (χ1v) is 11.1. The number of rotatable bonds is 11. The van der Waals surface area contributed by atoms with Gasteiger partial charge in [-0.3, -0.25) is 4.79 Å². The van der Waals surface area contributed by atoms with E-state index in [4.69, 9.17) is 0 Å². The second-order valence-electron chi connectivity index (χ2n) is 7.73. The third kappa shape index (κ3) is 5.42. The number of nitrogens with one attached hydrogen (secondary N) is 3. The molecule has 5 heteroatoms. The fourth-order valence-electron chi connectivity index (χ4n) is 3.78. The first-order chi connectivity index (χ1) is 14.6. The maximum absolute atomic E-state index is 12.7. The van der Waals surface area contributed by atoms with Gasteiger partial charge in [-0.15, -0.1) is 0 Å². The van der Waals surface area contributed by atoms with E-state index in [0.717, 1.165) is 29.9 Å². The summed E-state index contributed by atoms with van der Waals surface area (Å²) in [4.78, 5) is 15.8. The van der Waals surface area contributed by atoms with E-state index in [1.165, 1.54) is 37.7 Å². The zero-order chi connectivity index (χ0) is 21.3. The summed E-state index contributed by atoms with van der Waals surface area (Å²) < 4.78 is 0. The number of hydrogen-bond donors (Lipinski definition) is 4. The SMILES string of the molecule is CCCCCCCc1ccc(NC(O)c2c[nH]c3ccccc3c2=O)cc1NCC. The molecule has 30 heavy (non-hydrogen) atoms. The molecule has 1 atom stereocenters. The molecule has 3 rings (SSSR count). The Labute approximate surface area is 178 Å². The quantitative estimate of drug-likeness (QED) is 0.247. The molecule has 1 unspecified atom stereocenters. The zero-order valence-electron chi connectivity index (χ0n) is 18.0. The smallest absolute Gasteiger partial charge is 0.197 e. The number of pyridine rings is 1. The number of aliphatic hydroxyl groups excluding tert-OH is 1. The fourth-order valence-corrected chi connectivity index (χ4v) is 3.78. The van der Waals surface area contributed by atoms with Crippen LogP contribution in [-0.4, -0.2) is 16.6 Å². The van der Waals surface area contributed by atoms with Crippen molar-refractivity contribution >= 4 is 22.3 Å². The molecule has 0 aliphatic carbocycles. The van der Waals surface area contributed by atoms with E-state index >= 15 is 0 Å². The van der Waals surface area contributed by atoms with Gasteiger partial charge in [0.25, 0.3) is 0 Å². The number of unbranched alkanes of at least 4 members (excludes halogenated alkanes) is 4. The number of benzene rings is 2. The van der Waals surface area contributed by atoms with E-state index in [2.05, 4.69) is 35.5 Å². The largest absolute Gasteiger partial charge is 0.385 e. The average Bonchev–Trinajstić information content (AvgIpc) is 2.75. The van der Waals surface area contributed by atoms with Gasteiger partial charge in [-0.25, -0.2) is 0 Å². The lowest BCUT2D eigenvalue weighted by Crippen LogP contribution is -2.20. The Hall–Kier alpha value is -2.79. The molecule has 160 valence electrons. The third-order valence-corrected chi connectivity index (χ3v) is 5.44. The Bertz CT molecular complexity index is 1010. The number of para-hydroxylation sites is 1. The summed E-state index contributed by atoms with van der Waals surface area (Å²) in [7, 11) is 0. The van der Waals surface area contributed by atoms with Crippen LogP contribution in [-0.2, 0) is 6.42 Å². The van der Waals surface area contributed by atoms with Crippen LogP contribution in [0.3, 0.4) is 0 Å². The van der Waals surface area contributed by atoms with Crippen molar-refractivity contribution in [2.75, 3.05) is 17.2 Å². The van der Waals surface area contributed by atoms with Crippen molar-refractivity contribution in [3.05, 3.63) is 70.0 Å². The first kappa shape index (κ1) is 21.9. The molecule has 0 saturated heterocycles. The van der Waals surface area contributed by atoms with Crippen molar-refractivity contribution < 1.29 is 5.11 Å². The van der Waals surface area contributed by atoms with Crippen LogP contribution in [0, 0.1) is 0 Å². The van der Waals surface area contributed by atoms with E-state index < -0.39 is 6.23 Å². The van der Waals surface area contributed by atoms with Crippen molar-refractivity contribution in [1.29, 1.82) is 0 Å². The average molecular weight is 408 g/mol. The predicted molar refractivity (Wildman–Crippen MR) is 126 cm³/mol. The lowest BCUT2D eigenvalue weighted by Gasteiger charge is -2.17. The van der Waals surface area contributed by atoms with Gasteiger partial charge in [0, 0.05) is 35.0 Å². The standard InChI is InChI=1S/C25H33N3O2/c1-3-5-6-7-8-11-18-14-15-19(16-23(18)26-4-2)28-25(30)21-17-27-22-13-10-9-12-20(22)24(21)29/h9-10,12-17,25-26,28,30H,3-8,11H2,1-2H3,(H,27,29). The highest BCUT2D eigenvalue weighted by Crippen LogP contribution is 2.25. The summed E-state index contributed by atoms with van der Waals surface area (Å²) >= 11 is 0. The van der Waals surface area contributed by atoms with Crippen LogP contribution in [0.1, 0.15) is 63.3 Å². The number of aromatic amines is 1. The minimum Gasteiger partial charge on any atom is -0.385 e. The van der Waals surface area contributed by atoms with Crippen LogP contribution >= 0.6 is 0 Å². The molecule has 0 spiro atoms. The second kappa shape index (κ2) is 10.8. The summed E-state index contributed by atoms with van der Waals surface area (Å²) in [6, 6.07) is 13.4. The number of H-pyrrole nitrogens is 1. The Balaban J connectivity index is 1.73. The summed E-state index contributed by atoms with van der Waals surface area (Å²) in [6.45, 7) is 5.14. The first-order valence-electron chi connectivity index (χ1n) is 11.1. The highest BCUT2D eigenvalue weighted by Gasteiger charge is 2.14. The number of hydrogen-bond acceptors (Lipinski definition) is 4. The fraction of sp³-hybridized carbons (Fsp3) is 0.400. The minimum absolute atomic E-state index is 0.167. The molecule has 0 saturated carbocycles. The maximum Gasteiger partial charge on any atom is 0.197 e. The molecule has 1 aromatic heterocycles. The highest BCUT2D eigenvalue weighted by atomic mass is 16.3. The molecular formula is C25H33N3O2. The van der Waals surface area contributed by atoms with Crippen LogP contribution in [0.2, 0.25) is 0 Å². The summed E-state index contributed by atoms with van der Waals surface area (Å²) in [5.74, 6) is 0. The molecule has 5 nitrogen and oxygen atoms in total. The summed E-state index contributed by atoms with van der Waals surface area (Å²) in [5, 5.41) is 17.7. The van der Waals surface area contributed by atoms with Crippen LogP contribution in [0.4, 0.5) is 11.4 Å². The van der Waals surface area contributed by atoms with Gasteiger partial charge in [0.1, 0.15) is 0 Å². The number of aromatic nitrogens is 1. The lowest BCUT2D eigenvalue weighted by atomic mass is 10.0. The van der Waals surface area contributed by atoms with Crippen molar-refractivity contribution in [2.45, 2.75) is 58.6 Å². The molecule has 1 heterocycles. The van der Waals surface area contributed by atoms with Gasteiger partial charge in [-0.2, -0.15) is 0 Å². The number of anilines is 2. The maximum atomic E-state index is 12.7. The number of aliphatic hydroxyl groups is 1. The predicted octanol–water partition coefficient (Wildman–Crippen LogP) is 5.58. The van der Waals surface area contributed by atoms with E-state index in [1.54, 1.807) is 12.3 Å². The Morgan fingerprint density at radius 1 is 1.03 bits per heavy atom. The van der Waals surface area contributed by atoms with E-state index in [1.807, 2.05) is 30.3 Å². The van der Waals surface area contributed by atoms with Crippen molar-refractivity contribution in [3.63, 3.8) is 0 Å². The van der Waals surface area contributed by atoms with Gasteiger partial charge < -0.3 is 20.7 Å². The molecule has 0 bridgehead atoms. The molecule has 0 amide bonds. The van der Waals surface area contributed by atoms with Crippen molar-refractivity contribution in [1.82, 2.24) is 4.98 Å². The Kier molecular flexibility index (Phi) is 7.91. The van der Waals surface area contributed by atoms with E-state index in [9.17, 15) is 9.90 Å². The van der Waals surface area contributed by atoms with E-state index in [-0.39, 0.29) is 5.43 Å². The van der Waals surface area contributed by atoms with Gasteiger partial charge in [-0.05, 0) is 49.6 Å². The Morgan fingerprint density at radius 2 is 1.83 bits per heavy atom. The zero-order valence-corrected chi connectivity index (χ0v) is 18.0. The number of aryl methyl sites for hydroxylation is 1. The van der Waals surface area contributed by atoms with Gasteiger partial charge in [-0.1, -0.05) is 50.8 Å².